The molecular formula is C12H15NO4. The molecule has 0 amide bonds. The van der Waals surface area contributed by atoms with Crippen LogP contribution in [0.15, 0.2) is 29.4 Å². The van der Waals surface area contributed by atoms with Crippen LogP contribution in [0.1, 0.15) is 30.6 Å². The highest BCUT2D eigenvalue weighted by atomic mass is 16.6. The van der Waals surface area contributed by atoms with E-state index < -0.39 is 5.97 Å². The first-order valence-corrected chi connectivity index (χ1v) is 5.37. The highest BCUT2D eigenvalue weighted by Crippen LogP contribution is 2.19. The van der Waals surface area contributed by atoms with Gasteiger partial charge in [-0.05, 0) is 19.1 Å². The summed E-state index contributed by atoms with van der Waals surface area (Å²) in [7, 11) is 0. The largest absolute Gasteiger partial charge is 0.493 e. The maximum Gasteiger partial charge on any atom is 0.348 e. The number of hydrogen-bond donors (Lipinski definition) is 1. The number of esters is 1. The Labute approximate surface area is 99.7 Å². The van der Waals surface area contributed by atoms with Gasteiger partial charge >= 0.3 is 5.97 Å². The first-order chi connectivity index (χ1) is 8.22. The molecule has 0 aliphatic rings. The number of benzene rings is 1. The molecule has 92 valence electrons. The van der Waals surface area contributed by atoms with Crippen molar-refractivity contribution in [3.63, 3.8) is 0 Å². The second kappa shape index (κ2) is 6.52. The predicted octanol–water partition coefficient (Wildman–Crippen LogP) is 2.44. The number of hydrogen-bond acceptors (Lipinski definition) is 5. The molecule has 1 aromatic rings. The average molecular weight is 237 g/mol. The van der Waals surface area contributed by atoms with Crippen LogP contribution in [-0.2, 0) is 4.74 Å². The van der Waals surface area contributed by atoms with Gasteiger partial charge in [0, 0.05) is 6.42 Å². The van der Waals surface area contributed by atoms with E-state index in [0.29, 0.717) is 24.3 Å². The second-order valence-electron chi connectivity index (χ2n) is 3.17. The Hall–Kier alpha value is -2.04. The van der Waals surface area contributed by atoms with Crippen molar-refractivity contribution in [1.29, 1.82) is 0 Å². The van der Waals surface area contributed by atoms with E-state index in [0.717, 1.165) is 0 Å². The predicted molar refractivity (Wildman–Crippen MR) is 62.5 cm³/mol. The first kappa shape index (κ1) is 13.0. The number of oxime groups is 1. The molecule has 0 radical (unpaired) electrons. The molecule has 0 spiro atoms. The fraction of sp³-hybridized carbons (Fsp3) is 0.333. The van der Waals surface area contributed by atoms with Crippen LogP contribution in [0.3, 0.4) is 0 Å². The monoisotopic (exact) mass is 237 g/mol. The Bertz CT molecular complexity index is 415. The Morgan fingerprint density at radius 3 is 2.65 bits per heavy atom. The molecule has 1 rings (SSSR count). The standard InChI is InChI=1S/C12H15NO4/c1-3-11(13-15)17-12(14)9-7-5-6-8-10(9)16-4-2/h5-8,15H,3-4H2,1-2H3. The summed E-state index contributed by atoms with van der Waals surface area (Å²) in [6.45, 7) is 4.00. The molecule has 5 heteroatoms. The number of para-hydroxylation sites is 1. The minimum atomic E-state index is -0.594. The first-order valence-electron chi connectivity index (χ1n) is 5.37. The lowest BCUT2D eigenvalue weighted by molar-refractivity contribution is 0.0697. The van der Waals surface area contributed by atoms with E-state index >= 15 is 0 Å². The lowest BCUT2D eigenvalue weighted by atomic mass is 10.2. The minimum Gasteiger partial charge on any atom is -0.493 e. The molecule has 0 aliphatic carbocycles. The Balaban J connectivity index is 2.88. The molecule has 17 heavy (non-hydrogen) atoms. The van der Waals surface area contributed by atoms with Crippen LogP contribution in [0.2, 0.25) is 0 Å². The Kier molecular flexibility index (Phi) is 5.00. The van der Waals surface area contributed by atoms with Gasteiger partial charge in [-0.3, -0.25) is 0 Å². The molecule has 0 saturated heterocycles. The van der Waals surface area contributed by atoms with Gasteiger partial charge in [-0.2, -0.15) is 0 Å². The third-order valence-electron chi connectivity index (χ3n) is 2.03. The van der Waals surface area contributed by atoms with Gasteiger partial charge in [-0.15, -0.1) is 0 Å². The van der Waals surface area contributed by atoms with Crippen molar-refractivity contribution in [2.45, 2.75) is 20.3 Å². The van der Waals surface area contributed by atoms with Crippen LogP contribution >= 0.6 is 0 Å². The fourth-order valence-electron chi connectivity index (χ4n) is 1.24. The lowest BCUT2D eigenvalue weighted by Gasteiger charge is -2.09. The van der Waals surface area contributed by atoms with E-state index in [9.17, 15) is 4.79 Å². The van der Waals surface area contributed by atoms with Crippen molar-refractivity contribution in [2.24, 2.45) is 5.16 Å². The van der Waals surface area contributed by atoms with Crippen molar-refractivity contribution < 1.29 is 19.5 Å². The van der Waals surface area contributed by atoms with E-state index in [1.165, 1.54) is 0 Å². The van der Waals surface area contributed by atoms with Crippen LogP contribution in [0.4, 0.5) is 0 Å². The Morgan fingerprint density at radius 2 is 2.06 bits per heavy atom. The number of nitrogens with zero attached hydrogens (tertiary/aromatic N) is 1. The molecule has 0 bridgehead atoms. The van der Waals surface area contributed by atoms with Gasteiger partial charge in [-0.1, -0.05) is 24.2 Å². The van der Waals surface area contributed by atoms with Gasteiger partial charge in [0.1, 0.15) is 11.3 Å². The zero-order chi connectivity index (χ0) is 12.7. The number of ether oxygens (including phenoxy) is 2. The normalized spacial score (nSPS) is 11.1. The third kappa shape index (κ3) is 3.48. The molecule has 0 aromatic heterocycles. The summed E-state index contributed by atoms with van der Waals surface area (Å²) in [5.74, 6) is -0.168. The minimum absolute atomic E-state index is 0.0266. The van der Waals surface area contributed by atoms with Crippen molar-refractivity contribution in [3.05, 3.63) is 29.8 Å². The molecule has 0 heterocycles. The van der Waals surface area contributed by atoms with Gasteiger partial charge in [0.15, 0.2) is 0 Å². The lowest BCUT2D eigenvalue weighted by Crippen LogP contribution is -2.13. The third-order valence-corrected chi connectivity index (χ3v) is 2.03. The molecule has 1 N–H and O–H groups in total. The molecule has 0 fully saturated rings. The van der Waals surface area contributed by atoms with E-state index in [1.807, 2.05) is 6.92 Å². The summed E-state index contributed by atoms with van der Waals surface area (Å²) in [5.41, 5.74) is 0.309. The van der Waals surface area contributed by atoms with E-state index in [4.69, 9.17) is 14.7 Å². The van der Waals surface area contributed by atoms with Crippen molar-refractivity contribution >= 4 is 11.9 Å². The van der Waals surface area contributed by atoms with E-state index in [1.54, 1.807) is 31.2 Å². The molecular weight excluding hydrogens is 222 g/mol. The van der Waals surface area contributed by atoms with Crippen molar-refractivity contribution in [3.8, 4) is 5.75 Å². The maximum atomic E-state index is 11.8. The second-order valence-corrected chi connectivity index (χ2v) is 3.17. The summed E-state index contributed by atoms with van der Waals surface area (Å²) < 4.78 is 10.2. The molecule has 1 aromatic carbocycles. The smallest absolute Gasteiger partial charge is 0.348 e. The quantitative estimate of drug-likeness (QED) is 0.287. The zero-order valence-corrected chi connectivity index (χ0v) is 9.84. The van der Waals surface area contributed by atoms with Crippen LogP contribution < -0.4 is 4.74 Å². The molecule has 0 aliphatic heterocycles. The van der Waals surface area contributed by atoms with E-state index in [2.05, 4.69) is 5.16 Å². The summed E-state index contributed by atoms with van der Waals surface area (Å²) >= 11 is 0. The maximum absolute atomic E-state index is 11.8. The fourth-order valence-corrected chi connectivity index (χ4v) is 1.24. The molecule has 0 saturated carbocycles. The molecule has 0 unspecified atom stereocenters. The number of carbonyl (C=O) groups is 1. The van der Waals surface area contributed by atoms with E-state index in [-0.39, 0.29) is 5.90 Å². The van der Waals surface area contributed by atoms with Crippen LogP contribution in [0, 0.1) is 0 Å². The highest BCUT2D eigenvalue weighted by Gasteiger charge is 2.15. The van der Waals surface area contributed by atoms with Crippen molar-refractivity contribution in [1.82, 2.24) is 0 Å². The SMILES string of the molecule is CCOc1ccccc1C(=O)OC(CC)=NO. The van der Waals surface area contributed by atoms with Gasteiger partial charge < -0.3 is 14.7 Å². The number of rotatable bonds is 4. The van der Waals surface area contributed by atoms with Gasteiger partial charge in [0.2, 0.25) is 5.90 Å². The van der Waals surface area contributed by atoms with Gasteiger partial charge in [-0.25, -0.2) is 4.79 Å². The van der Waals surface area contributed by atoms with Gasteiger partial charge in [0.25, 0.3) is 0 Å². The summed E-state index contributed by atoms with van der Waals surface area (Å²) in [6, 6.07) is 6.75. The summed E-state index contributed by atoms with van der Waals surface area (Å²) in [4.78, 5) is 11.8. The van der Waals surface area contributed by atoms with Crippen molar-refractivity contribution in [2.75, 3.05) is 6.61 Å². The van der Waals surface area contributed by atoms with Crippen LogP contribution in [0.5, 0.6) is 5.75 Å². The summed E-state index contributed by atoms with van der Waals surface area (Å²) in [6.07, 6.45) is 0.332. The number of carbonyl (C=O) groups excluding carboxylic acids is 1. The molecule has 5 nitrogen and oxygen atoms in total. The van der Waals surface area contributed by atoms with Gasteiger partial charge in [0.05, 0.1) is 6.61 Å². The summed E-state index contributed by atoms with van der Waals surface area (Å²) in [5, 5.41) is 11.5. The zero-order valence-electron chi connectivity index (χ0n) is 9.84. The molecule has 0 atom stereocenters. The Morgan fingerprint density at radius 1 is 1.35 bits per heavy atom. The van der Waals surface area contributed by atoms with Crippen LogP contribution in [0.25, 0.3) is 0 Å². The topological polar surface area (TPSA) is 68.1 Å². The van der Waals surface area contributed by atoms with Crippen LogP contribution in [-0.4, -0.2) is 23.7 Å². The highest BCUT2D eigenvalue weighted by molar-refractivity contribution is 5.99. The average Bonchev–Trinajstić information content (AvgIpc) is 2.36.